The van der Waals surface area contributed by atoms with Crippen molar-refractivity contribution in [2.75, 3.05) is 32.6 Å². The molecule has 0 spiro atoms. The fourth-order valence-electron chi connectivity index (χ4n) is 1.31. The van der Waals surface area contributed by atoms with E-state index in [0.29, 0.717) is 6.04 Å². The van der Waals surface area contributed by atoms with Crippen LogP contribution in [0.5, 0.6) is 0 Å². The summed E-state index contributed by atoms with van der Waals surface area (Å²) in [5, 5.41) is 3.02. The third-order valence-electron chi connectivity index (χ3n) is 2.35. The molecule has 14 heavy (non-hydrogen) atoms. The van der Waals surface area contributed by atoms with Crippen molar-refractivity contribution in [3.63, 3.8) is 0 Å². The Morgan fingerprint density at radius 3 is 2.50 bits per heavy atom. The zero-order valence-corrected chi connectivity index (χ0v) is 10.6. The fourth-order valence-corrected chi connectivity index (χ4v) is 2.02. The lowest BCUT2D eigenvalue weighted by molar-refractivity contribution is -0.134. The van der Waals surface area contributed by atoms with Crippen molar-refractivity contribution in [1.29, 1.82) is 0 Å². The number of hydrogen-bond donors (Lipinski definition) is 1. The van der Waals surface area contributed by atoms with Gasteiger partial charge in [0, 0.05) is 31.3 Å². The van der Waals surface area contributed by atoms with Crippen LogP contribution >= 0.6 is 11.8 Å². The maximum Gasteiger partial charge on any atom is 0.226 e. The molecule has 0 aromatic rings. The second-order valence-electron chi connectivity index (χ2n) is 3.71. The van der Waals surface area contributed by atoms with E-state index < -0.39 is 0 Å². The van der Waals surface area contributed by atoms with Crippen molar-refractivity contribution in [1.82, 2.24) is 10.2 Å². The Hall–Kier alpha value is -0.220. The molecule has 0 aliphatic carbocycles. The zero-order valence-electron chi connectivity index (χ0n) is 9.83. The molecule has 0 saturated carbocycles. The molecule has 0 rings (SSSR count). The quantitative estimate of drug-likeness (QED) is 0.723. The molecule has 1 amide bonds. The van der Waals surface area contributed by atoms with Crippen molar-refractivity contribution in [2.24, 2.45) is 5.92 Å². The number of amides is 1. The lowest BCUT2D eigenvalue weighted by Crippen LogP contribution is -2.42. The van der Waals surface area contributed by atoms with Crippen LogP contribution in [0.2, 0.25) is 0 Å². The summed E-state index contributed by atoms with van der Waals surface area (Å²) >= 11 is 1.77. The highest BCUT2D eigenvalue weighted by Gasteiger charge is 2.20. The van der Waals surface area contributed by atoms with Crippen molar-refractivity contribution >= 4 is 17.7 Å². The van der Waals surface area contributed by atoms with Crippen LogP contribution in [0.25, 0.3) is 0 Å². The summed E-state index contributed by atoms with van der Waals surface area (Å²) in [7, 11) is 3.75. The number of nitrogens with one attached hydrogen (secondary N) is 1. The highest BCUT2D eigenvalue weighted by atomic mass is 32.2. The van der Waals surface area contributed by atoms with E-state index >= 15 is 0 Å². The van der Waals surface area contributed by atoms with E-state index in [1.54, 1.807) is 11.8 Å². The van der Waals surface area contributed by atoms with Crippen molar-refractivity contribution in [3.05, 3.63) is 0 Å². The molecule has 0 aliphatic rings. The monoisotopic (exact) mass is 218 g/mol. The molecule has 0 radical (unpaired) electrons. The molecule has 2 unspecified atom stereocenters. The lowest BCUT2D eigenvalue weighted by atomic mass is 10.1. The van der Waals surface area contributed by atoms with Crippen molar-refractivity contribution in [3.8, 4) is 0 Å². The molecule has 0 bridgehead atoms. The number of thioether (sulfide) groups is 1. The van der Waals surface area contributed by atoms with Gasteiger partial charge in [0.2, 0.25) is 5.91 Å². The minimum atomic E-state index is 0.0642. The van der Waals surface area contributed by atoms with Gasteiger partial charge in [-0.15, -0.1) is 0 Å². The van der Waals surface area contributed by atoms with Gasteiger partial charge in [0.1, 0.15) is 0 Å². The zero-order chi connectivity index (χ0) is 11.1. The van der Waals surface area contributed by atoms with Crippen LogP contribution < -0.4 is 5.32 Å². The maximum atomic E-state index is 11.8. The van der Waals surface area contributed by atoms with E-state index in [1.807, 2.05) is 25.9 Å². The lowest BCUT2D eigenvalue weighted by Gasteiger charge is -2.27. The third-order valence-corrected chi connectivity index (χ3v) is 3.16. The second kappa shape index (κ2) is 7.12. The molecule has 0 fully saturated rings. The molecule has 0 aromatic carbocycles. The first-order valence-corrected chi connectivity index (χ1v) is 6.34. The molecule has 0 aromatic heterocycles. The highest BCUT2D eigenvalue weighted by molar-refractivity contribution is 7.98. The summed E-state index contributed by atoms with van der Waals surface area (Å²) in [5.74, 6) is 1.28. The average molecular weight is 218 g/mol. The van der Waals surface area contributed by atoms with Crippen LogP contribution in [0.4, 0.5) is 0 Å². The molecule has 4 heteroatoms. The minimum absolute atomic E-state index is 0.0642. The van der Waals surface area contributed by atoms with Gasteiger partial charge < -0.3 is 10.2 Å². The standard InChI is InChI=1S/C10H22N2OS/c1-8(6-11-3)10(13)12(4)9(2)7-14-5/h8-9,11H,6-7H2,1-5H3. The van der Waals surface area contributed by atoms with E-state index in [4.69, 9.17) is 0 Å². The molecule has 0 heterocycles. The minimum Gasteiger partial charge on any atom is -0.342 e. The summed E-state index contributed by atoms with van der Waals surface area (Å²) in [5.41, 5.74) is 0. The first-order chi connectivity index (χ1) is 6.54. The first kappa shape index (κ1) is 13.8. The van der Waals surface area contributed by atoms with E-state index in [9.17, 15) is 4.79 Å². The van der Waals surface area contributed by atoms with Crippen molar-refractivity contribution in [2.45, 2.75) is 19.9 Å². The number of carbonyl (C=O) groups is 1. The van der Waals surface area contributed by atoms with E-state index in [2.05, 4.69) is 18.5 Å². The summed E-state index contributed by atoms with van der Waals surface area (Å²) in [4.78, 5) is 13.7. The SMILES string of the molecule is CNCC(C)C(=O)N(C)C(C)CSC. The number of carbonyl (C=O) groups excluding carboxylic acids is 1. The Kier molecular flexibility index (Phi) is 7.01. The molecule has 1 N–H and O–H groups in total. The predicted molar refractivity (Wildman–Crippen MR) is 63.7 cm³/mol. The van der Waals surface area contributed by atoms with Gasteiger partial charge in [-0.05, 0) is 20.2 Å². The molecular formula is C10H22N2OS. The smallest absolute Gasteiger partial charge is 0.226 e. The second-order valence-corrected chi connectivity index (χ2v) is 4.62. The van der Waals surface area contributed by atoms with Crippen LogP contribution in [0.3, 0.4) is 0 Å². The average Bonchev–Trinajstić information content (AvgIpc) is 2.16. The number of hydrogen-bond acceptors (Lipinski definition) is 3. The van der Waals surface area contributed by atoms with E-state index in [-0.39, 0.29) is 11.8 Å². The number of nitrogens with zero attached hydrogens (tertiary/aromatic N) is 1. The highest BCUT2D eigenvalue weighted by Crippen LogP contribution is 2.07. The van der Waals surface area contributed by atoms with Crippen LogP contribution in [0.15, 0.2) is 0 Å². The van der Waals surface area contributed by atoms with Gasteiger partial charge in [-0.3, -0.25) is 4.79 Å². The van der Waals surface area contributed by atoms with Gasteiger partial charge in [-0.2, -0.15) is 11.8 Å². The Labute approximate surface area is 91.6 Å². The normalized spacial score (nSPS) is 14.9. The fraction of sp³-hybridized carbons (Fsp3) is 0.900. The Morgan fingerprint density at radius 1 is 1.50 bits per heavy atom. The van der Waals surface area contributed by atoms with Crippen LogP contribution in [-0.4, -0.2) is 49.5 Å². The largest absolute Gasteiger partial charge is 0.342 e. The predicted octanol–water partition coefficient (Wildman–Crippen LogP) is 1.05. The topological polar surface area (TPSA) is 32.3 Å². The first-order valence-electron chi connectivity index (χ1n) is 4.94. The molecule has 3 nitrogen and oxygen atoms in total. The Balaban J connectivity index is 4.09. The summed E-state index contributed by atoms with van der Waals surface area (Å²) < 4.78 is 0. The van der Waals surface area contributed by atoms with Gasteiger partial charge in [-0.1, -0.05) is 6.92 Å². The number of rotatable bonds is 6. The van der Waals surface area contributed by atoms with E-state index in [0.717, 1.165) is 12.3 Å². The van der Waals surface area contributed by atoms with Crippen molar-refractivity contribution < 1.29 is 4.79 Å². The summed E-state index contributed by atoms with van der Waals surface area (Å²) in [6.07, 6.45) is 2.06. The molecule has 2 atom stereocenters. The van der Waals surface area contributed by atoms with Crippen LogP contribution in [-0.2, 0) is 4.79 Å². The summed E-state index contributed by atoms with van der Waals surface area (Å²) in [6.45, 7) is 4.79. The van der Waals surface area contributed by atoms with Gasteiger partial charge in [0.25, 0.3) is 0 Å². The Bertz CT molecular complexity index is 176. The van der Waals surface area contributed by atoms with E-state index in [1.165, 1.54) is 0 Å². The van der Waals surface area contributed by atoms with Gasteiger partial charge >= 0.3 is 0 Å². The molecule has 0 saturated heterocycles. The maximum absolute atomic E-state index is 11.8. The van der Waals surface area contributed by atoms with Crippen LogP contribution in [0, 0.1) is 5.92 Å². The summed E-state index contributed by atoms with van der Waals surface area (Å²) in [6, 6.07) is 0.316. The third kappa shape index (κ3) is 4.33. The molecular weight excluding hydrogens is 196 g/mol. The van der Waals surface area contributed by atoms with Gasteiger partial charge in [0.15, 0.2) is 0 Å². The van der Waals surface area contributed by atoms with Gasteiger partial charge in [-0.25, -0.2) is 0 Å². The Morgan fingerprint density at radius 2 is 2.07 bits per heavy atom. The molecule has 0 aliphatic heterocycles. The molecule has 84 valence electrons. The van der Waals surface area contributed by atoms with Gasteiger partial charge in [0.05, 0.1) is 0 Å². The van der Waals surface area contributed by atoms with Crippen LogP contribution in [0.1, 0.15) is 13.8 Å².